The van der Waals surface area contributed by atoms with Crippen LogP contribution >= 0.6 is 0 Å². The molecule has 0 radical (unpaired) electrons. The highest BCUT2D eigenvalue weighted by Crippen LogP contribution is 2.24. The van der Waals surface area contributed by atoms with Crippen molar-refractivity contribution in [2.45, 2.75) is 52.6 Å². The molecule has 0 fully saturated rings. The fourth-order valence-corrected chi connectivity index (χ4v) is 3.73. The van der Waals surface area contributed by atoms with Crippen LogP contribution in [0.4, 0.5) is 4.79 Å². The van der Waals surface area contributed by atoms with E-state index in [1.807, 2.05) is 37.5 Å². The van der Waals surface area contributed by atoms with Gasteiger partial charge < -0.3 is 9.30 Å². The third kappa shape index (κ3) is 4.58. The van der Waals surface area contributed by atoms with Gasteiger partial charge in [-0.15, -0.1) is 0 Å². The van der Waals surface area contributed by atoms with Gasteiger partial charge in [0.15, 0.2) is 8.24 Å². The Balaban J connectivity index is 2.36. The van der Waals surface area contributed by atoms with E-state index >= 15 is 0 Å². The fraction of sp³-hybridized carbons (Fsp3) is 0.421. The van der Waals surface area contributed by atoms with E-state index in [-0.39, 0.29) is 6.09 Å². The van der Waals surface area contributed by atoms with E-state index in [1.54, 1.807) is 0 Å². The number of ether oxygens (including phenoxy) is 1. The maximum absolute atomic E-state index is 12.7. The van der Waals surface area contributed by atoms with E-state index in [0.29, 0.717) is 6.54 Å². The van der Waals surface area contributed by atoms with Gasteiger partial charge in [0, 0.05) is 6.54 Å². The lowest BCUT2D eigenvalue weighted by Gasteiger charge is -2.36. The van der Waals surface area contributed by atoms with Crippen LogP contribution in [-0.2, 0) is 11.3 Å². The van der Waals surface area contributed by atoms with E-state index < -0.39 is 13.8 Å². The van der Waals surface area contributed by atoms with Crippen LogP contribution in [-0.4, -0.2) is 24.5 Å². The van der Waals surface area contributed by atoms with Crippen molar-refractivity contribution in [2.75, 3.05) is 0 Å². The number of benzene rings is 2. The average molecular weight is 330 g/mol. The highest BCUT2D eigenvalue weighted by Gasteiger charge is 2.32. The van der Waals surface area contributed by atoms with Crippen molar-refractivity contribution in [2.24, 2.45) is 0 Å². The van der Waals surface area contributed by atoms with Gasteiger partial charge in [-0.3, -0.25) is 0 Å². The van der Waals surface area contributed by atoms with Crippen LogP contribution in [0.25, 0.3) is 10.8 Å². The highest BCUT2D eigenvalue weighted by atomic mass is 28.3. The minimum Gasteiger partial charge on any atom is -0.444 e. The molecule has 1 amide bonds. The van der Waals surface area contributed by atoms with Gasteiger partial charge in [0.1, 0.15) is 5.60 Å². The molecule has 0 aliphatic rings. The summed E-state index contributed by atoms with van der Waals surface area (Å²) in [4.78, 5) is 12.7. The normalized spacial score (nSPS) is 12.3. The number of nitrogens with zero attached hydrogens (tertiary/aromatic N) is 1. The van der Waals surface area contributed by atoms with Crippen molar-refractivity contribution in [1.29, 1.82) is 0 Å². The summed E-state index contributed by atoms with van der Waals surface area (Å²) in [6.45, 7) is 12.8. The minimum atomic E-state index is -1.86. The molecular weight excluding hydrogens is 302 g/mol. The zero-order chi connectivity index (χ0) is 17.3. The number of hydrogen-bond acceptors (Lipinski definition) is 2. The fourth-order valence-electron chi connectivity index (χ4n) is 2.49. The first-order valence-corrected chi connectivity index (χ1v) is 11.5. The monoisotopic (exact) mass is 329 g/mol. The molecular formula is C19H27NO2Si. The number of carbonyl (C=O) groups is 1. The predicted molar refractivity (Wildman–Crippen MR) is 99.1 cm³/mol. The van der Waals surface area contributed by atoms with Crippen molar-refractivity contribution in [3.63, 3.8) is 0 Å². The zero-order valence-corrected chi connectivity index (χ0v) is 16.0. The van der Waals surface area contributed by atoms with E-state index in [2.05, 4.69) is 50.0 Å². The molecule has 0 atom stereocenters. The summed E-state index contributed by atoms with van der Waals surface area (Å²) in [6.07, 6.45) is -0.218. The standard InChI is InChI=1S/C19H27NO2Si/c1-19(2,3)22-18(21)20(23(4,5)6)14-16-12-9-11-15-10-7-8-13-17(15)16/h7-13H,14H2,1-6H3. The first-order valence-electron chi connectivity index (χ1n) is 8.05. The van der Waals surface area contributed by atoms with Crippen molar-refractivity contribution in [3.8, 4) is 0 Å². The molecule has 0 bridgehead atoms. The number of rotatable bonds is 3. The van der Waals surface area contributed by atoms with Crippen LogP contribution in [0.5, 0.6) is 0 Å². The second-order valence-corrected chi connectivity index (χ2v) is 12.8. The molecule has 23 heavy (non-hydrogen) atoms. The zero-order valence-electron chi connectivity index (χ0n) is 15.0. The van der Waals surface area contributed by atoms with Gasteiger partial charge in [0.2, 0.25) is 0 Å². The maximum atomic E-state index is 12.7. The second-order valence-electron chi connectivity index (χ2n) is 7.88. The molecule has 124 valence electrons. The molecule has 0 aromatic heterocycles. The average Bonchev–Trinajstić information content (AvgIpc) is 2.41. The molecule has 0 unspecified atom stereocenters. The Labute approximate surface area is 140 Å². The molecule has 0 saturated heterocycles. The number of amides is 1. The molecule has 0 saturated carbocycles. The lowest BCUT2D eigenvalue weighted by atomic mass is 10.0. The Morgan fingerprint density at radius 3 is 2.26 bits per heavy atom. The largest absolute Gasteiger partial charge is 0.444 e. The number of fused-ring (bicyclic) bond motifs is 1. The predicted octanol–water partition coefficient (Wildman–Crippen LogP) is 5.41. The Hall–Kier alpha value is -1.81. The Morgan fingerprint density at radius 1 is 1.04 bits per heavy atom. The van der Waals surface area contributed by atoms with E-state index in [9.17, 15) is 4.79 Å². The summed E-state index contributed by atoms with van der Waals surface area (Å²) in [5.74, 6) is 0. The van der Waals surface area contributed by atoms with Gasteiger partial charge in [0.05, 0.1) is 0 Å². The van der Waals surface area contributed by atoms with Crippen molar-refractivity contribution in [3.05, 3.63) is 48.0 Å². The second kappa shape index (κ2) is 6.36. The van der Waals surface area contributed by atoms with Gasteiger partial charge in [-0.25, -0.2) is 4.79 Å². The first-order chi connectivity index (χ1) is 10.6. The maximum Gasteiger partial charge on any atom is 0.402 e. The highest BCUT2D eigenvalue weighted by molar-refractivity contribution is 6.75. The van der Waals surface area contributed by atoms with Gasteiger partial charge in [-0.1, -0.05) is 62.1 Å². The molecule has 2 aromatic rings. The molecule has 4 heteroatoms. The number of hydrogen-bond donors (Lipinski definition) is 0. The van der Waals surface area contributed by atoms with Gasteiger partial charge in [0.25, 0.3) is 0 Å². The third-order valence-electron chi connectivity index (χ3n) is 3.63. The lowest BCUT2D eigenvalue weighted by molar-refractivity contribution is 0.0365. The van der Waals surface area contributed by atoms with Crippen LogP contribution in [0.2, 0.25) is 19.6 Å². The summed E-state index contributed by atoms with van der Waals surface area (Å²) in [7, 11) is -1.86. The Kier molecular flexibility index (Phi) is 4.85. The molecule has 0 heterocycles. The van der Waals surface area contributed by atoms with Crippen molar-refractivity contribution >= 4 is 25.1 Å². The third-order valence-corrected chi connectivity index (χ3v) is 5.59. The van der Waals surface area contributed by atoms with Crippen LogP contribution < -0.4 is 0 Å². The SMILES string of the molecule is CC(C)(C)OC(=O)N(Cc1cccc2ccccc12)[Si](C)(C)C. The quantitative estimate of drug-likeness (QED) is 0.704. The van der Waals surface area contributed by atoms with Crippen LogP contribution in [0.1, 0.15) is 26.3 Å². The summed E-state index contributed by atoms with van der Waals surface area (Å²) in [5, 5.41) is 2.39. The van der Waals surface area contributed by atoms with E-state index in [0.717, 1.165) is 5.56 Å². The molecule has 0 aliphatic carbocycles. The summed E-state index contributed by atoms with van der Waals surface area (Å²) >= 11 is 0. The van der Waals surface area contributed by atoms with Crippen LogP contribution in [0.15, 0.2) is 42.5 Å². The molecule has 0 spiro atoms. The van der Waals surface area contributed by atoms with Crippen molar-refractivity contribution in [1.82, 2.24) is 4.57 Å². The van der Waals surface area contributed by atoms with E-state index in [4.69, 9.17) is 4.74 Å². The first kappa shape index (κ1) is 17.5. The van der Waals surface area contributed by atoms with Gasteiger partial charge in [-0.05, 0) is 37.1 Å². The van der Waals surface area contributed by atoms with Gasteiger partial charge >= 0.3 is 6.09 Å². The number of carbonyl (C=O) groups excluding carboxylic acids is 1. The minimum absolute atomic E-state index is 0.218. The summed E-state index contributed by atoms with van der Waals surface area (Å²) in [6, 6.07) is 14.5. The molecule has 0 aliphatic heterocycles. The van der Waals surface area contributed by atoms with Crippen molar-refractivity contribution < 1.29 is 9.53 Å². The van der Waals surface area contributed by atoms with E-state index in [1.165, 1.54) is 10.8 Å². The smallest absolute Gasteiger partial charge is 0.402 e. The summed E-state index contributed by atoms with van der Waals surface area (Å²) in [5.41, 5.74) is 0.685. The topological polar surface area (TPSA) is 29.5 Å². The molecule has 2 rings (SSSR count). The molecule has 3 nitrogen and oxygen atoms in total. The molecule has 2 aromatic carbocycles. The molecule has 0 N–H and O–H groups in total. The van der Waals surface area contributed by atoms with Gasteiger partial charge in [-0.2, -0.15) is 0 Å². The summed E-state index contributed by atoms with van der Waals surface area (Å²) < 4.78 is 7.56. The van der Waals surface area contributed by atoms with Crippen LogP contribution in [0.3, 0.4) is 0 Å². The van der Waals surface area contributed by atoms with Crippen LogP contribution in [0, 0.1) is 0 Å². The lowest BCUT2D eigenvalue weighted by Crippen LogP contribution is -2.50. The Morgan fingerprint density at radius 2 is 1.65 bits per heavy atom. The Bertz CT molecular complexity index is 693.